The van der Waals surface area contributed by atoms with Gasteiger partial charge in [-0.3, -0.25) is 4.79 Å². The van der Waals surface area contributed by atoms with Gasteiger partial charge < -0.3 is 15.4 Å². The van der Waals surface area contributed by atoms with Crippen molar-refractivity contribution in [2.45, 2.75) is 12.8 Å². The van der Waals surface area contributed by atoms with Crippen molar-refractivity contribution in [1.82, 2.24) is 10.6 Å². The number of methoxy groups -OCH3 is 1. The van der Waals surface area contributed by atoms with Crippen LogP contribution < -0.4 is 15.4 Å². The van der Waals surface area contributed by atoms with Crippen LogP contribution in [-0.2, 0) is 0 Å². The molecule has 4 nitrogen and oxygen atoms in total. The SMILES string of the molecule is COc1cc(-c2ccccc2)sc1C(=O)NCC1CCCNC1.Cl. The molecule has 2 N–H and O–H groups in total. The summed E-state index contributed by atoms with van der Waals surface area (Å²) in [6, 6.07) is 12.0. The summed E-state index contributed by atoms with van der Waals surface area (Å²) in [6.45, 7) is 2.79. The largest absolute Gasteiger partial charge is 0.495 e. The zero-order valence-corrected chi connectivity index (χ0v) is 15.3. The molecule has 0 aliphatic carbocycles. The summed E-state index contributed by atoms with van der Waals surface area (Å²) in [6.07, 6.45) is 2.35. The van der Waals surface area contributed by atoms with Crippen molar-refractivity contribution in [3.63, 3.8) is 0 Å². The third-order valence-corrected chi connectivity index (χ3v) is 5.30. The van der Waals surface area contributed by atoms with Crippen LogP contribution in [0.15, 0.2) is 36.4 Å². The van der Waals surface area contributed by atoms with Crippen molar-refractivity contribution in [3.8, 4) is 16.2 Å². The van der Waals surface area contributed by atoms with E-state index in [9.17, 15) is 4.79 Å². The maximum atomic E-state index is 12.5. The van der Waals surface area contributed by atoms with E-state index in [1.165, 1.54) is 24.2 Å². The van der Waals surface area contributed by atoms with Crippen LogP contribution in [0.3, 0.4) is 0 Å². The highest BCUT2D eigenvalue weighted by Gasteiger charge is 2.20. The number of hydrogen-bond donors (Lipinski definition) is 2. The maximum Gasteiger partial charge on any atom is 0.265 e. The lowest BCUT2D eigenvalue weighted by Crippen LogP contribution is -2.37. The summed E-state index contributed by atoms with van der Waals surface area (Å²) in [7, 11) is 1.61. The minimum absolute atomic E-state index is 0. The topological polar surface area (TPSA) is 50.4 Å². The molecule has 1 aliphatic rings. The van der Waals surface area contributed by atoms with Gasteiger partial charge in [-0.2, -0.15) is 0 Å². The number of carbonyl (C=O) groups is 1. The first-order valence-corrected chi connectivity index (χ1v) is 8.81. The molecule has 1 aliphatic heterocycles. The lowest BCUT2D eigenvalue weighted by molar-refractivity contribution is 0.0946. The van der Waals surface area contributed by atoms with Gasteiger partial charge in [-0.05, 0) is 43.5 Å². The molecule has 1 unspecified atom stereocenters. The van der Waals surface area contributed by atoms with E-state index < -0.39 is 0 Å². The van der Waals surface area contributed by atoms with Crippen molar-refractivity contribution in [1.29, 1.82) is 0 Å². The summed E-state index contributed by atoms with van der Waals surface area (Å²) in [5.41, 5.74) is 1.10. The van der Waals surface area contributed by atoms with Crippen LogP contribution in [0, 0.1) is 5.92 Å². The molecule has 130 valence electrons. The van der Waals surface area contributed by atoms with E-state index in [0.29, 0.717) is 23.1 Å². The molecular formula is C18H23ClN2O2S. The minimum Gasteiger partial charge on any atom is -0.495 e. The Morgan fingerprint density at radius 2 is 2.17 bits per heavy atom. The molecule has 1 fully saturated rings. The van der Waals surface area contributed by atoms with E-state index in [4.69, 9.17) is 4.74 Å². The average molecular weight is 367 g/mol. The van der Waals surface area contributed by atoms with Gasteiger partial charge in [-0.25, -0.2) is 0 Å². The van der Waals surface area contributed by atoms with Crippen molar-refractivity contribution in [2.24, 2.45) is 5.92 Å². The highest BCUT2D eigenvalue weighted by Crippen LogP contribution is 2.36. The quantitative estimate of drug-likeness (QED) is 0.850. The Kier molecular flexibility index (Phi) is 7.09. The monoisotopic (exact) mass is 366 g/mol. The molecule has 24 heavy (non-hydrogen) atoms. The molecular weight excluding hydrogens is 344 g/mol. The predicted octanol–water partition coefficient (Wildman–Crippen LogP) is 3.57. The number of ether oxygens (including phenoxy) is 1. The molecule has 0 radical (unpaired) electrons. The van der Waals surface area contributed by atoms with Gasteiger partial charge >= 0.3 is 0 Å². The predicted molar refractivity (Wildman–Crippen MR) is 101 cm³/mol. The second-order valence-electron chi connectivity index (χ2n) is 5.80. The van der Waals surface area contributed by atoms with Crippen molar-refractivity contribution in [3.05, 3.63) is 41.3 Å². The molecule has 0 spiro atoms. The number of nitrogens with one attached hydrogen (secondary N) is 2. The molecule has 1 aromatic heterocycles. The fraction of sp³-hybridized carbons (Fsp3) is 0.389. The molecule has 1 atom stereocenters. The van der Waals surface area contributed by atoms with Crippen molar-refractivity contribution >= 4 is 29.7 Å². The normalized spacial score (nSPS) is 17.0. The van der Waals surface area contributed by atoms with Gasteiger partial charge in [-0.1, -0.05) is 30.3 Å². The van der Waals surface area contributed by atoms with Crippen LogP contribution in [0.25, 0.3) is 10.4 Å². The summed E-state index contributed by atoms with van der Waals surface area (Å²) >= 11 is 1.48. The van der Waals surface area contributed by atoms with E-state index in [-0.39, 0.29) is 18.3 Å². The van der Waals surface area contributed by atoms with E-state index in [1.807, 2.05) is 36.4 Å². The number of piperidine rings is 1. The molecule has 2 heterocycles. The Bertz CT molecular complexity index is 654. The van der Waals surface area contributed by atoms with Crippen LogP contribution in [-0.4, -0.2) is 32.7 Å². The molecule has 1 saturated heterocycles. The van der Waals surface area contributed by atoms with E-state index in [0.717, 1.165) is 23.5 Å². The number of thiophene rings is 1. The smallest absolute Gasteiger partial charge is 0.265 e. The van der Waals surface area contributed by atoms with Crippen LogP contribution in [0.5, 0.6) is 5.75 Å². The van der Waals surface area contributed by atoms with Gasteiger partial charge in [0.2, 0.25) is 0 Å². The zero-order chi connectivity index (χ0) is 16.1. The Labute approximate surface area is 153 Å². The van der Waals surface area contributed by atoms with Gasteiger partial charge in [-0.15, -0.1) is 23.7 Å². The number of rotatable bonds is 5. The number of hydrogen-bond acceptors (Lipinski definition) is 4. The molecule has 2 aromatic rings. The van der Waals surface area contributed by atoms with E-state index in [1.54, 1.807) is 7.11 Å². The molecule has 3 rings (SSSR count). The zero-order valence-electron chi connectivity index (χ0n) is 13.7. The second kappa shape index (κ2) is 9.06. The number of carbonyl (C=O) groups excluding carboxylic acids is 1. The van der Waals surface area contributed by atoms with Gasteiger partial charge in [0.15, 0.2) is 0 Å². The Morgan fingerprint density at radius 1 is 1.38 bits per heavy atom. The third-order valence-electron chi connectivity index (χ3n) is 4.13. The van der Waals surface area contributed by atoms with Crippen LogP contribution in [0.1, 0.15) is 22.5 Å². The van der Waals surface area contributed by atoms with E-state index >= 15 is 0 Å². The van der Waals surface area contributed by atoms with Gasteiger partial charge in [0.1, 0.15) is 10.6 Å². The van der Waals surface area contributed by atoms with E-state index in [2.05, 4.69) is 10.6 Å². The van der Waals surface area contributed by atoms with Crippen molar-refractivity contribution < 1.29 is 9.53 Å². The fourth-order valence-electron chi connectivity index (χ4n) is 2.84. The highest BCUT2D eigenvalue weighted by molar-refractivity contribution is 7.17. The molecule has 0 bridgehead atoms. The molecule has 1 aromatic carbocycles. The standard InChI is InChI=1S/C18H22N2O2S.ClH/c1-22-15-10-16(14-7-3-2-4-8-14)23-17(15)18(21)20-12-13-6-5-9-19-11-13;/h2-4,7-8,10,13,19H,5-6,9,11-12H2,1H3,(H,20,21);1H. The number of amides is 1. The summed E-state index contributed by atoms with van der Waals surface area (Å²) < 4.78 is 5.40. The lowest BCUT2D eigenvalue weighted by Gasteiger charge is -2.22. The fourth-order valence-corrected chi connectivity index (χ4v) is 3.89. The summed E-state index contributed by atoms with van der Waals surface area (Å²) in [5.74, 6) is 1.12. The van der Waals surface area contributed by atoms with Crippen molar-refractivity contribution in [2.75, 3.05) is 26.7 Å². The van der Waals surface area contributed by atoms with Gasteiger partial charge in [0.05, 0.1) is 7.11 Å². The number of benzene rings is 1. The maximum absolute atomic E-state index is 12.5. The summed E-state index contributed by atoms with van der Waals surface area (Å²) in [4.78, 5) is 14.2. The average Bonchev–Trinajstić information content (AvgIpc) is 3.06. The number of halogens is 1. The second-order valence-corrected chi connectivity index (χ2v) is 6.85. The Hall–Kier alpha value is -1.56. The Morgan fingerprint density at radius 3 is 2.83 bits per heavy atom. The lowest BCUT2D eigenvalue weighted by atomic mass is 10.00. The first kappa shape index (κ1) is 18.8. The Balaban J connectivity index is 0.00000208. The molecule has 0 saturated carbocycles. The van der Waals surface area contributed by atoms with Crippen LogP contribution >= 0.6 is 23.7 Å². The molecule has 6 heteroatoms. The summed E-state index contributed by atoms with van der Waals surface area (Å²) in [5, 5.41) is 6.43. The first-order chi connectivity index (χ1) is 11.3. The first-order valence-electron chi connectivity index (χ1n) is 8.00. The van der Waals surface area contributed by atoms with Crippen LogP contribution in [0.2, 0.25) is 0 Å². The van der Waals surface area contributed by atoms with Gasteiger partial charge in [0, 0.05) is 11.4 Å². The van der Waals surface area contributed by atoms with Crippen LogP contribution in [0.4, 0.5) is 0 Å². The highest BCUT2D eigenvalue weighted by atomic mass is 35.5. The van der Waals surface area contributed by atoms with Gasteiger partial charge in [0.25, 0.3) is 5.91 Å². The minimum atomic E-state index is -0.0420. The molecule has 1 amide bonds. The third kappa shape index (κ3) is 4.50.